The number of hydrogen-bond acceptors (Lipinski definition) is 5. The van der Waals surface area contributed by atoms with E-state index in [9.17, 15) is 18.0 Å². The van der Waals surface area contributed by atoms with Gasteiger partial charge in [-0.25, -0.2) is 9.78 Å². The van der Waals surface area contributed by atoms with Crippen molar-refractivity contribution in [1.82, 2.24) is 4.98 Å². The van der Waals surface area contributed by atoms with Crippen LogP contribution in [0, 0.1) is 17.8 Å². The molecule has 3 aromatic heterocycles. The predicted octanol–water partition coefficient (Wildman–Crippen LogP) is 7.66. The number of halogens is 3. The maximum absolute atomic E-state index is 13.8. The molecule has 166 valence electrons. The summed E-state index contributed by atoms with van der Waals surface area (Å²) in [5.74, 6) is 0.545. The van der Waals surface area contributed by atoms with E-state index in [1.807, 2.05) is 0 Å². The fraction of sp³-hybridized carbons (Fsp3) is 0.478. The molecule has 3 atom stereocenters. The summed E-state index contributed by atoms with van der Waals surface area (Å²) < 4.78 is 47.2. The van der Waals surface area contributed by atoms with Crippen molar-refractivity contribution in [2.45, 2.75) is 52.3 Å². The molecule has 1 aliphatic rings. The molecule has 0 bridgehead atoms. The molecule has 0 radical (unpaired) electrons. The summed E-state index contributed by atoms with van der Waals surface area (Å²) in [5, 5.41) is 1.74. The maximum atomic E-state index is 13.8. The van der Waals surface area contributed by atoms with Gasteiger partial charge in [-0.15, -0.1) is 22.7 Å². The van der Waals surface area contributed by atoms with Gasteiger partial charge >= 0.3 is 12.1 Å². The first-order chi connectivity index (χ1) is 14.6. The molecule has 3 heterocycles. The number of carbonyl (C=O) groups excluding carboxylic acids is 1. The van der Waals surface area contributed by atoms with E-state index in [1.165, 1.54) is 17.4 Å². The van der Waals surface area contributed by atoms with Gasteiger partial charge in [0.05, 0.1) is 16.1 Å². The molecule has 0 aromatic carbocycles. The topological polar surface area (TPSA) is 39.2 Å². The number of alkyl halides is 3. The molecular formula is C23H24F3NO2S2. The van der Waals surface area contributed by atoms with Crippen molar-refractivity contribution in [2.24, 2.45) is 17.8 Å². The van der Waals surface area contributed by atoms with Gasteiger partial charge in [0.25, 0.3) is 0 Å². The molecule has 4 rings (SSSR count). The van der Waals surface area contributed by atoms with E-state index < -0.39 is 17.7 Å². The molecular weight excluding hydrogens is 443 g/mol. The van der Waals surface area contributed by atoms with Gasteiger partial charge in [0.2, 0.25) is 0 Å². The van der Waals surface area contributed by atoms with Gasteiger partial charge in [0, 0.05) is 5.39 Å². The molecule has 0 aliphatic heterocycles. The first-order valence-electron chi connectivity index (χ1n) is 10.4. The molecule has 8 heteroatoms. The van der Waals surface area contributed by atoms with E-state index in [-0.39, 0.29) is 32.8 Å². The van der Waals surface area contributed by atoms with Crippen molar-refractivity contribution in [2.75, 3.05) is 0 Å². The molecule has 0 saturated heterocycles. The number of esters is 1. The largest absolute Gasteiger partial charge is 0.458 e. The Morgan fingerprint density at radius 3 is 2.68 bits per heavy atom. The van der Waals surface area contributed by atoms with Crippen LogP contribution in [0.3, 0.4) is 0 Å². The molecule has 3 nitrogen and oxygen atoms in total. The second kappa shape index (κ2) is 8.54. The van der Waals surface area contributed by atoms with Gasteiger partial charge in [-0.2, -0.15) is 13.2 Å². The van der Waals surface area contributed by atoms with Gasteiger partial charge in [-0.05, 0) is 54.2 Å². The lowest BCUT2D eigenvalue weighted by atomic mass is 9.75. The van der Waals surface area contributed by atoms with Gasteiger partial charge < -0.3 is 4.74 Å². The highest BCUT2D eigenvalue weighted by molar-refractivity contribution is 7.20. The fourth-order valence-electron chi connectivity index (χ4n) is 4.35. The van der Waals surface area contributed by atoms with Crippen LogP contribution in [0.5, 0.6) is 0 Å². The van der Waals surface area contributed by atoms with Crippen LogP contribution in [0.15, 0.2) is 29.6 Å². The third-order valence-electron chi connectivity index (χ3n) is 6.01. The summed E-state index contributed by atoms with van der Waals surface area (Å²) in [6.07, 6.45) is -1.87. The van der Waals surface area contributed by atoms with Crippen molar-refractivity contribution >= 4 is 38.9 Å². The van der Waals surface area contributed by atoms with Crippen molar-refractivity contribution in [3.63, 3.8) is 0 Å². The third kappa shape index (κ3) is 4.65. The summed E-state index contributed by atoms with van der Waals surface area (Å²) in [7, 11) is 0. The maximum Gasteiger partial charge on any atom is 0.417 e. The molecule has 1 fully saturated rings. The minimum atomic E-state index is -4.54. The van der Waals surface area contributed by atoms with Crippen LogP contribution in [-0.2, 0) is 10.9 Å². The zero-order valence-electron chi connectivity index (χ0n) is 17.5. The van der Waals surface area contributed by atoms with Crippen LogP contribution in [0.4, 0.5) is 13.2 Å². The highest BCUT2D eigenvalue weighted by Gasteiger charge is 2.36. The second-order valence-electron chi connectivity index (χ2n) is 8.63. The Kier molecular flexibility index (Phi) is 6.14. The Balaban J connectivity index is 1.69. The average Bonchev–Trinajstić information content (AvgIpc) is 3.36. The van der Waals surface area contributed by atoms with E-state index in [4.69, 9.17) is 4.74 Å². The smallest absolute Gasteiger partial charge is 0.417 e. The Hall–Kier alpha value is -1.93. The summed E-state index contributed by atoms with van der Waals surface area (Å²) in [6, 6.07) is 5.85. The first kappa shape index (κ1) is 22.3. The van der Waals surface area contributed by atoms with Crippen molar-refractivity contribution in [3.05, 3.63) is 40.1 Å². The zero-order chi connectivity index (χ0) is 22.3. The highest BCUT2D eigenvalue weighted by atomic mass is 32.1. The molecule has 0 N–H and O–H groups in total. The Morgan fingerprint density at radius 1 is 1.26 bits per heavy atom. The number of thiophene rings is 2. The molecule has 0 amide bonds. The SMILES string of the molecule is CC(C)[C@@H]1CC[C@@H](C)C[C@@H]1OC(=O)c1cc2c(C(F)(F)F)cc(-c3cccs3)nc2s1. The second-order valence-corrected chi connectivity index (χ2v) is 10.6. The van der Waals surface area contributed by atoms with Crippen LogP contribution in [0.2, 0.25) is 0 Å². The Bertz CT molecular complexity index is 1070. The lowest BCUT2D eigenvalue weighted by Crippen LogP contribution is -2.35. The Labute approximate surface area is 187 Å². The van der Waals surface area contributed by atoms with Gasteiger partial charge in [-0.3, -0.25) is 0 Å². The fourth-order valence-corrected chi connectivity index (χ4v) is 5.97. The van der Waals surface area contributed by atoms with Crippen molar-refractivity contribution < 1.29 is 22.7 Å². The summed E-state index contributed by atoms with van der Waals surface area (Å²) in [6.45, 7) is 6.38. The highest BCUT2D eigenvalue weighted by Crippen LogP contribution is 2.41. The van der Waals surface area contributed by atoms with Gasteiger partial charge in [0.1, 0.15) is 15.8 Å². The van der Waals surface area contributed by atoms with E-state index in [0.29, 0.717) is 16.7 Å². The quantitative estimate of drug-likeness (QED) is 0.370. The number of carbonyl (C=O) groups is 1. The third-order valence-corrected chi connectivity index (χ3v) is 7.91. The summed E-state index contributed by atoms with van der Waals surface area (Å²) in [5.41, 5.74) is -0.514. The van der Waals surface area contributed by atoms with E-state index in [1.54, 1.807) is 17.5 Å². The minimum absolute atomic E-state index is 0.0535. The van der Waals surface area contributed by atoms with E-state index >= 15 is 0 Å². The lowest BCUT2D eigenvalue weighted by molar-refractivity contribution is -0.136. The van der Waals surface area contributed by atoms with Gasteiger partial charge in [0.15, 0.2) is 0 Å². The van der Waals surface area contributed by atoms with E-state index in [0.717, 1.165) is 36.7 Å². The first-order valence-corrected chi connectivity index (χ1v) is 12.1. The van der Waals surface area contributed by atoms with Gasteiger partial charge in [-0.1, -0.05) is 33.3 Å². The molecule has 1 saturated carbocycles. The number of aromatic nitrogens is 1. The molecule has 1 aliphatic carbocycles. The van der Waals surface area contributed by atoms with Crippen LogP contribution in [0.25, 0.3) is 20.8 Å². The Morgan fingerprint density at radius 2 is 2.03 bits per heavy atom. The number of pyridine rings is 1. The summed E-state index contributed by atoms with van der Waals surface area (Å²) in [4.78, 5) is 18.3. The molecule has 3 aromatic rings. The number of fused-ring (bicyclic) bond motifs is 1. The average molecular weight is 468 g/mol. The van der Waals surface area contributed by atoms with Crippen LogP contribution >= 0.6 is 22.7 Å². The minimum Gasteiger partial charge on any atom is -0.458 e. The standard InChI is InChI=1S/C23H24F3NO2S2/c1-12(2)14-7-6-13(3)9-18(14)29-22(28)20-10-15-16(23(24,25)26)11-17(27-21(15)31-20)19-5-4-8-30-19/h4-5,8,10-14,18H,6-7,9H2,1-3H3/t13-,14+,18+/m1/s1. The van der Waals surface area contributed by atoms with Crippen molar-refractivity contribution in [3.8, 4) is 10.6 Å². The van der Waals surface area contributed by atoms with E-state index in [2.05, 4.69) is 25.8 Å². The normalized spacial score (nSPS) is 22.2. The monoisotopic (exact) mass is 467 g/mol. The lowest BCUT2D eigenvalue weighted by Gasteiger charge is -2.36. The molecule has 0 unspecified atom stereocenters. The summed E-state index contributed by atoms with van der Waals surface area (Å²) >= 11 is 2.29. The molecule has 0 spiro atoms. The number of ether oxygens (including phenoxy) is 1. The number of rotatable bonds is 4. The van der Waals surface area contributed by atoms with Crippen molar-refractivity contribution in [1.29, 1.82) is 0 Å². The van der Waals surface area contributed by atoms with Crippen LogP contribution < -0.4 is 0 Å². The number of nitrogens with zero attached hydrogens (tertiary/aromatic N) is 1. The number of hydrogen-bond donors (Lipinski definition) is 0. The predicted molar refractivity (Wildman–Crippen MR) is 118 cm³/mol. The zero-order valence-corrected chi connectivity index (χ0v) is 19.2. The van der Waals surface area contributed by atoms with Crippen LogP contribution in [0.1, 0.15) is 55.3 Å². The van der Waals surface area contributed by atoms with Crippen LogP contribution in [-0.4, -0.2) is 17.1 Å². The molecule has 31 heavy (non-hydrogen) atoms.